The van der Waals surface area contributed by atoms with E-state index in [0.717, 1.165) is 12.2 Å². The zero-order valence-electron chi connectivity index (χ0n) is 13.8. The minimum Gasteiger partial charge on any atom is -0.179 e. The first-order valence-electron chi connectivity index (χ1n) is 8.48. The maximum Gasteiger partial charge on any atom is -0.00978 e. The van der Waals surface area contributed by atoms with Crippen molar-refractivity contribution in [1.29, 1.82) is 0 Å². The highest BCUT2D eigenvalue weighted by atomic mass is 32.1. The van der Waals surface area contributed by atoms with Crippen LogP contribution in [-0.4, -0.2) is 5.75 Å². The molecule has 0 aliphatic carbocycles. The molecule has 0 saturated heterocycles. The summed E-state index contributed by atoms with van der Waals surface area (Å²) in [5.74, 6) is 0.978. The molecule has 3 aromatic carbocycles. The summed E-state index contributed by atoms with van der Waals surface area (Å²) in [6.45, 7) is 0. The van der Waals surface area contributed by atoms with Crippen molar-refractivity contribution in [2.45, 2.75) is 19.3 Å². The summed E-state index contributed by atoms with van der Waals surface area (Å²) >= 11 is 4.29. The molecular formula is C22H23PS. The quantitative estimate of drug-likeness (QED) is 0.356. The molecule has 0 aliphatic rings. The third-order valence-corrected chi connectivity index (χ3v) is 6.86. The van der Waals surface area contributed by atoms with E-state index in [1.807, 2.05) is 0 Å². The molecule has 0 spiro atoms. The number of rotatable bonds is 7. The van der Waals surface area contributed by atoms with Gasteiger partial charge in [0.1, 0.15) is 0 Å². The van der Waals surface area contributed by atoms with E-state index in [2.05, 4.69) is 97.6 Å². The van der Waals surface area contributed by atoms with Crippen LogP contribution < -0.4 is 15.9 Å². The Hall–Kier alpha value is -1.56. The standard InChI is InChI=1S/C22H23PS/c24-18-8-7-9-19-14-16-22(17-15-19)23(20-10-3-1-4-11-20)21-12-5-2-6-13-21/h1-6,10-17,24H,7-9,18H2. The van der Waals surface area contributed by atoms with Crippen LogP contribution in [0.2, 0.25) is 0 Å². The normalized spacial score (nSPS) is 10.9. The molecule has 0 unspecified atom stereocenters. The van der Waals surface area contributed by atoms with E-state index in [1.54, 1.807) is 0 Å². The highest BCUT2D eigenvalue weighted by Gasteiger charge is 2.15. The van der Waals surface area contributed by atoms with Gasteiger partial charge in [-0.1, -0.05) is 84.9 Å². The number of hydrogen-bond acceptors (Lipinski definition) is 1. The van der Waals surface area contributed by atoms with Crippen LogP contribution in [0.3, 0.4) is 0 Å². The second-order valence-electron chi connectivity index (χ2n) is 5.85. The fourth-order valence-corrected chi connectivity index (χ4v) is 5.36. The summed E-state index contributed by atoms with van der Waals surface area (Å²) in [7, 11) is -0.487. The predicted octanol–water partition coefficient (Wildman–Crippen LogP) is 4.70. The van der Waals surface area contributed by atoms with E-state index < -0.39 is 7.92 Å². The van der Waals surface area contributed by atoms with Crippen molar-refractivity contribution in [3.8, 4) is 0 Å². The molecule has 0 amide bonds. The van der Waals surface area contributed by atoms with Crippen molar-refractivity contribution >= 4 is 36.5 Å². The van der Waals surface area contributed by atoms with Gasteiger partial charge in [-0.2, -0.15) is 12.6 Å². The predicted molar refractivity (Wildman–Crippen MR) is 112 cm³/mol. The van der Waals surface area contributed by atoms with Crippen molar-refractivity contribution in [3.05, 3.63) is 90.5 Å². The highest BCUT2D eigenvalue weighted by molar-refractivity contribution is 7.80. The van der Waals surface area contributed by atoms with Gasteiger partial charge in [0.05, 0.1) is 0 Å². The van der Waals surface area contributed by atoms with Crippen LogP contribution in [0.25, 0.3) is 0 Å². The monoisotopic (exact) mass is 350 g/mol. The van der Waals surface area contributed by atoms with E-state index in [1.165, 1.54) is 34.3 Å². The first-order chi connectivity index (χ1) is 11.9. The van der Waals surface area contributed by atoms with Crippen LogP contribution in [-0.2, 0) is 6.42 Å². The molecule has 0 saturated carbocycles. The molecule has 2 heteroatoms. The van der Waals surface area contributed by atoms with Gasteiger partial charge in [0.25, 0.3) is 0 Å². The molecule has 0 N–H and O–H groups in total. The smallest absolute Gasteiger partial charge is 0.00978 e. The Morgan fingerprint density at radius 1 is 0.583 bits per heavy atom. The van der Waals surface area contributed by atoms with Crippen LogP contribution in [0.15, 0.2) is 84.9 Å². The van der Waals surface area contributed by atoms with Gasteiger partial charge in [-0.05, 0) is 54.4 Å². The molecule has 24 heavy (non-hydrogen) atoms. The molecule has 0 radical (unpaired) electrons. The summed E-state index contributed by atoms with van der Waals surface area (Å²) < 4.78 is 0. The maximum atomic E-state index is 4.29. The van der Waals surface area contributed by atoms with Gasteiger partial charge in [0.15, 0.2) is 0 Å². The van der Waals surface area contributed by atoms with Gasteiger partial charge < -0.3 is 0 Å². The Kier molecular flexibility index (Phi) is 6.52. The number of benzene rings is 3. The molecule has 0 nitrogen and oxygen atoms in total. The Labute approximate surface area is 152 Å². The highest BCUT2D eigenvalue weighted by Crippen LogP contribution is 2.32. The zero-order valence-corrected chi connectivity index (χ0v) is 15.6. The molecule has 0 bridgehead atoms. The molecule has 0 aliphatic heterocycles. The fourth-order valence-electron chi connectivity index (χ4n) is 2.85. The SMILES string of the molecule is SCCCCc1ccc(P(c2ccccc2)c2ccccc2)cc1. The molecule has 0 heterocycles. The van der Waals surface area contributed by atoms with Crippen molar-refractivity contribution in [3.63, 3.8) is 0 Å². The number of unbranched alkanes of at least 4 members (excludes halogenated alkanes) is 1. The van der Waals surface area contributed by atoms with E-state index in [-0.39, 0.29) is 0 Å². The summed E-state index contributed by atoms with van der Waals surface area (Å²) in [6, 6.07) is 31.0. The average Bonchev–Trinajstić information content (AvgIpc) is 2.65. The van der Waals surface area contributed by atoms with Crippen LogP contribution in [0.5, 0.6) is 0 Å². The fraction of sp³-hybridized carbons (Fsp3) is 0.182. The zero-order chi connectivity index (χ0) is 16.6. The number of thiol groups is 1. The van der Waals surface area contributed by atoms with Crippen molar-refractivity contribution in [2.75, 3.05) is 5.75 Å². The lowest BCUT2D eigenvalue weighted by atomic mass is 10.1. The molecular weight excluding hydrogens is 327 g/mol. The molecule has 122 valence electrons. The largest absolute Gasteiger partial charge is 0.179 e. The molecule has 0 atom stereocenters. The van der Waals surface area contributed by atoms with Crippen LogP contribution >= 0.6 is 20.6 Å². The second kappa shape index (κ2) is 9.06. The average molecular weight is 350 g/mol. The van der Waals surface area contributed by atoms with E-state index in [0.29, 0.717) is 0 Å². The number of aryl methyl sites for hydroxylation is 1. The van der Waals surface area contributed by atoms with Gasteiger partial charge in [-0.25, -0.2) is 0 Å². The molecule has 0 aromatic heterocycles. The van der Waals surface area contributed by atoms with Gasteiger partial charge in [0, 0.05) is 0 Å². The Morgan fingerprint density at radius 3 is 1.58 bits per heavy atom. The van der Waals surface area contributed by atoms with Crippen LogP contribution in [0.1, 0.15) is 18.4 Å². The molecule has 3 rings (SSSR count). The van der Waals surface area contributed by atoms with E-state index in [4.69, 9.17) is 0 Å². The third kappa shape index (κ3) is 4.50. The van der Waals surface area contributed by atoms with Crippen molar-refractivity contribution in [1.82, 2.24) is 0 Å². The molecule has 0 fully saturated rings. The van der Waals surface area contributed by atoms with Gasteiger partial charge in [-0.15, -0.1) is 0 Å². The van der Waals surface area contributed by atoms with Crippen molar-refractivity contribution < 1.29 is 0 Å². The van der Waals surface area contributed by atoms with E-state index in [9.17, 15) is 0 Å². The van der Waals surface area contributed by atoms with E-state index >= 15 is 0 Å². The summed E-state index contributed by atoms with van der Waals surface area (Å²) in [4.78, 5) is 0. The minimum atomic E-state index is -0.487. The lowest BCUT2D eigenvalue weighted by Gasteiger charge is -2.19. The second-order valence-corrected chi connectivity index (χ2v) is 8.52. The Morgan fingerprint density at radius 2 is 1.08 bits per heavy atom. The lowest BCUT2D eigenvalue weighted by molar-refractivity contribution is 0.804. The van der Waals surface area contributed by atoms with Crippen LogP contribution in [0.4, 0.5) is 0 Å². The number of hydrogen-bond donors (Lipinski definition) is 1. The van der Waals surface area contributed by atoms with Gasteiger partial charge in [-0.3, -0.25) is 0 Å². The topological polar surface area (TPSA) is 0 Å². The summed E-state index contributed by atoms with van der Waals surface area (Å²) in [5, 5.41) is 4.23. The Bertz CT molecular complexity index is 683. The first kappa shape index (κ1) is 17.3. The third-order valence-electron chi connectivity index (χ3n) is 4.10. The lowest BCUT2D eigenvalue weighted by Crippen LogP contribution is -2.20. The molecule has 3 aromatic rings. The minimum absolute atomic E-state index is 0.487. The summed E-state index contributed by atoms with van der Waals surface area (Å²) in [6.07, 6.45) is 3.55. The van der Waals surface area contributed by atoms with Gasteiger partial charge >= 0.3 is 0 Å². The van der Waals surface area contributed by atoms with Crippen molar-refractivity contribution in [2.24, 2.45) is 0 Å². The van der Waals surface area contributed by atoms with Crippen LogP contribution in [0, 0.1) is 0 Å². The maximum absolute atomic E-state index is 4.29. The first-order valence-corrected chi connectivity index (χ1v) is 10.5. The van der Waals surface area contributed by atoms with Gasteiger partial charge in [0.2, 0.25) is 0 Å². The summed E-state index contributed by atoms with van der Waals surface area (Å²) in [5.41, 5.74) is 1.43. The Balaban J connectivity index is 1.89.